The summed E-state index contributed by atoms with van der Waals surface area (Å²) in [5.41, 5.74) is 2.30. The SMILES string of the molecule is CC[C@@H](C(=O)NCc1ccc(N(CC)CC)cc1)N(c1cc(Cl)cc(Cl)c1)S(C)(=O)=O. The molecule has 0 radical (unpaired) electrons. The number of anilines is 2. The number of halogens is 2. The van der Waals surface area contributed by atoms with Gasteiger partial charge in [0.05, 0.1) is 11.9 Å². The molecular weight excluding hydrogens is 457 g/mol. The van der Waals surface area contributed by atoms with Crippen LogP contribution in [-0.4, -0.2) is 39.7 Å². The Balaban J connectivity index is 2.20. The van der Waals surface area contributed by atoms with E-state index in [4.69, 9.17) is 23.2 Å². The fourth-order valence-corrected chi connectivity index (χ4v) is 5.16. The normalized spacial score (nSPS) is 12.3. The van der Waals surface area contributed by atoms with Crippen LogP contribution < -0.4 is 14.5 Å². The maximum absolute atomic E-state index is 13.0. The molecule has 0 aliphatic carbocycles. The lowest BCUT2D eigenvalue weighted by Gasteiger charge is -2.30. The number of hydrogen-bond donors (Lipinski definition) is 1. The van der Waals surface area contributed by atoms with Crippen molar-refractivity contribution >= 4 is 50.5 Å². The summed E-state index contributed by atoms with van der Waals surface area (Å²) < 4.78 is 26.2. The van der Waals surface area contributed by atoms with Crippen molar-refractivity contribution in [2.45, 2.75) is 39.8 Å². The monoisotopic (exact) mass is 485 g/mol. The van der Waals surface area contributed by atoms with Gasteiger partial charge in [0.25, 0.3) is 0 Å². The zero-order valence-corrected chi connectivity index (χ0v) is 20.6. The van der Waals surface area contributed by atoms with Gasteiger partial charge in [0.2, 0.25) is 15.9 Å². The van der Waals surface area contributed by atoms with E-state index in [2.05, 4.69) is 24.1 Å². The van der Waals surface area contributed by atoms with E-state index in [1.807, 2.05) is 24.3 Å². The largest absolute Gasteiger partial charge is 0.372 e. The molecule has 0 saturated carbocycles. The number of nitrogens with one attached hydrogen (secondary N) is 1. The van der Waals surface area contributed by atoms with Gasteiger partial charge in [-0.3, -0.25) is 9.10 Å². The zero-order valence-electron chi connectivity index (χ0n) is 18.2. The van der Waals surface area contributed by atoms with E-state index in [0.717, 1.165) is 34.9 Å². The molecule has 9 heteroatoms. The highest BCUT2D eigenvalue weighted by Crippen LogP contribution is 2.29. The third-order valence-corrected chi connectivity index (χ3v) is 6.58. The van der Waals surface area contributed by atoms with Crippen molar-refractivity contribution < 1.29 is 13.2 Å². The van der Waals surface area contributed by atoms with E-state index >= 15 is 0 Å². The number of amides is 1. The molecule has 1 N–H and O–H groups in total. The van der Waals surface area contributed by atoms with E-state index in [0.29, 0.717) is 16.6 Å². The van der Waals surface area contributed by atoms with Crippen LogP contribution in [0, 0.1) is 0 Å². The van der Waals surface area contributed by atoms with Crippen molar-refractivity contribution in [2.24, 2.45) is 0 Å². The summed E-state index contributed by atoms with van der Waals surface area (Å²) >= 11 is 12.1. The lowest BCUT2D eigenvalue weighted by Crippen LogP contribution is -2.49. The third kappa shape index (κ3) is 6.76. The van der Waals surface area contributed by atoms with Crippen LogP contribution in [0.15, 0.2) is 42.5 Å². The fourth-order valence-electron chi connectivity index (χ4n) is 3.45. The molecule has 0 spiro atoms. The molecule has 2 aromatic rings. The van der Waals surface area contributed by atoms with Crippen molar-refractivity contribution in [1.29, 1.82) is 0 Å². The second-order valence-electron chi connectivity index (χ2n) is 7.17. The molecule has 6 nitrogen and oxygen atoms in total. The first-order valence-electron chi connectivity index (χ1n) is 10.2. The Morgan fingerprint density at radius 2 is 1.52 bits per heavy atom. The molecule has 2 aromatic carbocycles. The van der Waals surface area contributed by atoms with Crippen LogP contribution in [0.5, 0.6) is 0 Å². The first kappa shape index (κ1) is 25.3. The van der Waals surface area contributed by atoms with Crippen LogP contribution >= 0.6 is 23.2 Å². The minimum Gasteiger partial charge on any atom is -0.372 e. The molecule has 0 fully saturated rings. The topological polar surface area (TPSA) is 69.7 Å². The molecule has 0 heterocycles. The molecular formula is C22H29Cl2N3O3S. The molecule has 0 aliphatic heterocycles. The Kier molecular flexibility index (Phi) is 9.03. The Labute approximate surface area is 195 Å². The second kappa shape index (κ2) is 11.1. The average Bonchev–Trinajstić information content (AvgIpc) is 2.70. The summed E-state index contributed by atoms with van der Waals surface area (Å²) in [6, 6.07) is 11.5. The molecule has 0 aliphatic rings. The Morgan fingerprint density at radius 1 is 0.968 bits per heavy atom. The van der Waals surface area contributed by atoms with Crippen molar-refractivity contribution in [2.75, 3.05) is 28.6 Å². The summed E-state index contributed by atoms with van der Waals surface area (Å²) in [4.78, 5) is 15.2. The van der Waals surface area contributed by atoms with E-state index in [1.54, 1.807) is 6.92 Å². The van der Waals surface area contributed by atoms with Gasteiger partial charge in [0, 0.05) is 35.4 Å². The summed E-state index contributed by atoms with van der Waals surface area (Å²) in [5.74, 6) is -0.392. The number of carbonyl (C=O) groups excluding carboxylic acids is 1. The Morgan fingerprint density at radius 3 is 1.97 bits per heavy atom. The van der Waals surface area contributed by atoms with Gasteiger partial charge in [-0.05, 0) is 56.2 Å². The molecule has 0 bridgehead atoms. The average molecular weight is 486 g/mol. The molecule has 0 aromatic heterocycles. The maximum atomic E-state index is 13.0. The van der Waals surface area contributed by atoms with Crippen LogP contribution in [0.4, 0.5) is 11.4 Å². The smallest absolute Gasteiger partial charge is 0.244 e. The predicted molar refractivity (Wildman–Crippen MR) is 130 cm³/mol. The summed E-state index contributed by atoms with van der Waals surface area (Å²) in [6.45, 7) is 8.08. The summed E-state index contributed by atoms with van der Waals surface area (Å²) in [7, 11) is -3.76. The number of sulfonamides is 1. The minimum atomic E-state index is -3.76. The van der Waals surface area contributed by atoms with Crippen molar-refractivity contribution in [1.82, 2.24) is 5.32 Å². The minimum absolute atomic E-state index is 0.255. The van der Waals surface area contributed by atoms with Gasteiger partial charge < -0.3 is 10.2 Å². The third-order valence-electron chi connectivity index (χ3n) is 4.96. The summed E-state index contributed by atoms with van der Waals surface area (Å²) in [5, 5.41) is 3.44. The van der Waals surface area contributed by atoms with Gasteiger partial charge in [0.15, 0.2) is 0 Å². The van der Waals surface area contributed by atoms with Crippen molar-refractivity contribution in [3.8, 4) is 0 Å². The van der Waals surface area contributed by atoms with Crippen LogP contribution in [0.1, 0.15) is 32.8 Å². The van der Waals surface area contributed by atoms with Gasteiger partial charge >= 0.3 is 0 Å². The van der Waals surface area contributed by atoms with E-state index in [9.17, 15) is 13.2 Å². The highest BCUT2D eigenvalue weighted by molar-refractivity contribution is 7.92. The van der Waals surface area contributed by atoms with Crippen LogP contribution in [-0.2, 0) is 21.4 Å². The second-order valence-corrected chi connectivity index (χ2v) is 9.90. The molecule has 31 heavy (non-hydrogen) atoms. The lowest BCUT2D eigenvalue weighted by molar-refractivity contribution is -0.122. The molecule has 1 atom stereocenters. The highest BCUT2D eigenvalue weighted by Gasteiger charge is 2.31. The van der Waals surface area contributed by atoms with Gasteiger partial charge in [-0.15, -0.1) is 0 Å². The first-order chi connectivity index (χ1) is 14.6. The Bertz CT molecular complexity index is 973. The highest BCUT2D eigenvalue weighted by atomic mass is 35.5. The van der Waals surface area contributed by atoms with E-state index in [-0.39, 0.29) is 12.1 Å². The molecule has 170 valence electrons. The van der Waals surface area contributed by atoms with E-state index < -0.39 is 22.0 Å². The van der Waals surface area contributed by atoms with Crippen molar-refractivity contribution in [3.05, 3.63) is 58.1 Å². The van der Waals surface area contributed by atoms with Crippen LogP contribution in [0.3, 0.4) is 0 Å². The first-order valence-corrected chi connectivity index (χ1v) is 12.8. The standard InChI is InChI=1S/C22H29Cl2N3O3S/c1-5-21(27(31(4,29)30)20-13-17(23)12-18(24)14-20)22(28)25-15-16-8-10-19(11-9-16)26(6-2)7-3/h8-14,21H,5-7,15H2,1-4H3,(H,25,28)/t21-/m0/s1. The van der Waals surface area contributed by atoms with Gasteiger partial charge in [-0.25, -0.2) is 8.42 Å². The zero-order chi connectivity index (χ0) is 23.2. The lowest BCUT2D eigenvalue weighted by atomic mass is 10.1. The van der Waals surface area contributed by atoms with Gasteiger partial charge in [-0.1, -0.05) is 42.3 Å². The van der Waals surface area contributed by atoms with Crippen LogP contribution in [0.25, 0.3) is 0 Å². The molecule has 1 amide bonds. The van der Waals surface area contributed by atoms with Gasteiger partial charge in [-0.2, -0.15) is 0 Å². The molecule has 2 rings (SSSR count). The Hall–Kier alpha value is -1.96. The molecule has 0 unspecified atom stereocenters. The predicted octanol–water partition coefficient (Wildman–Crippen LogP) is 4.70. The number of nitrogens with zero attached hydrogens (tertiary/aromatic N) is 2. The maximum Gasteiger partial charge on any atom is 0.244 e. The van der Waals surface area contributed by atoms with Crippen LogP contribution in [0.2, 0.25) is 10.0 Å². The number of rotatable bonds is 10. The quantitative estimate of drug-likeness (QED) is 0.529. The fraction of sp³-hybridized carbons (Fsp3) is 0.409. The number of carbonyl (C=O) groups is 1. The van der Waals surface area contributed by atoms with E-state index in [1.165, 1.54) is 18.2 Å². The number of benzene rings is 2. The molecule has 0 saturated heterocycles. The van der Waals surface area contributed by atoms with Crippen molar-refractivity contribution in [3.63, 3.8) is 0 Å². The van der Waals surface area contributed by atoms with Gasteiger partial charge in [0.1, 0.15) is 6.04 Å². The summed E-state index contributed by atoms with van der Waals surface area (Å²) in [6.07, 6.45) is 1.34. The number of hydrogen-bond acceptors (Lipinski definition) is 4.